The number of amides is 2. The van der Waals surface area contributed by atoms with Gasteiger partial charge in [0.25, 0.3) is 0 Å². The van der Waals surface area contributed by atoms with Crippen molar-refractivity contribution in [3.05, 3.63) is 29.8 Å². The first-order valence-electron chi connectivity index (χ1n) is 8.15. The maximum atomic E-state index is 12.2. The molecule has 0 aliphatic carbocycles. The van der Waals surface area contributed by atoms with Gasteiger partial charge in [-0.05, 0) is 17.9 Å². The number of hydrogen-bond donors (Lipinski definition) is 2. The highest BCUT2D eigenvalue weighted by Crippen LogP contribution is 2.34. The minimum Gasteiger partial charge on any atom is -0.380 e. The van der Waals surface area contributed by atoms with Crippen LogP contribution in [0.2, 0.25) is 0 Å². The third kappa shape index (κ3) is 4.94. The van der Waals surface area contributed by atoms with Gasteiger partial charge in [0, 0.05) is 37.4 Å². The maximum absolute atomic E-state index is 12.2. The summed E-state index contributed by atoms with van der Waals surface area (Å²) < 4.78 is 11.0. The molecule has 1 saturated heterocycles. The Labute approximate surface area is 138 Å². The van der Waals surface area contributed by atoms with E-state index in [0.29, 0.717) is 19.1 Å². The van der Waals surface area contributed by atoms with Crippen LogP contribution in [-0.4, -0.2) is 32.4 Å². The number of nitrogens with one attached hydrogen (secondary N) is 2. The molecule has 1 aromatic rings. The predicted molar refractivity (Wildman–Crippen MR) is 91.5 cm³/mol. The lowest BCUT2D eigenvalue weighted by molar-refractivity contribution is 0.00782. The molecule has 0 aromatic heterocycles. The van der Waals surface area contributed by atoms with Crippen LogP contribution in [0.5, 0.6) is 0 Å². The van der Waals surface area contributed by atoms with Crippen molar-refractivity contribution in [2.45, 2.75) is 39.9 Å². The first-order chi connectivity index (χ1) is 10.9. The predicted octanol–water partition coefficient (Wildman–Crippen LogP) is 3.41. The molecular formula is C18H28N2O3. The highest BCUT2D eigenvalue weighted by molar-refractivity contribution is 5.90. The van der Waals surface area contributed by atoms with Gasteiger partial charge in [0.05, 0.1) is 12.7 Å². The Morgan fingerprint density at radius 2 is 2.09 bits per heavy atom. The number of carbonyl (C=O) groups is 1. The molecule has 128 valence electrons. The number of ether oxygens (including phenoxy) is 2. The molecule has 0 unspecified atom stereocenters. The molecule has 23 heavy (non-hydrogen) atoms. The van der Waals surface area contributed by atoms with Crippen LogP contribution in [0.4, 0.5) is 10.5 Å². The summed E-state index contributed by atoms with van der Waals surface area (Å²) in [6, 6.07) is 7.47. The first-order valence-corrected chi connectivity index (χ1v) is 8.15. The van der Waals surface area contributed by atoms with E-state index >= 15 is 0 Å². The topological polar surface area (TPSA) is 59.6 Å². The number of para-hydroxylation sites is 1. The van der Waals surface area contributed by atoms with Crippen molar-refractivity contribution in [1.82, 2.24) is 5.32 Å². The molecule has 1 aromatic carbocycles. The summed E-state index contributed by atoms with van der Waals surface area (Å²) in [5, 5.41) is 5.88. The molecule has 0 saturated carbocycles. The van der Waals surface area contributed by atoms with E-state index in [4.69, 9.17) is 9.47 Å². The van der Waals surface area contributed by atoms with E-state index in [2.05, 4.69) is 31.4 Å². The first kappa shape index (κ1) is 17.8. The van der Waals surface area contributed by atoms with E-state index in [1.165, 1.54) is 0 Å². The Morgan fingerprint density at radius 1 is 1.35 bits per heavy atom. The highest BCUT2D eigenvalue weighted by Gasteiger charge is 2.37. The second-order valence-electron chi connectivity index (χ2n) is 7.13. The number of anilines is 1. The summed E-state index contributed by atoms with van der Waals surface area (Å²) in [6.07, 6.45) is 1.17. The fourth-order valence-corrected chi connectivity index (χ4v) is 3.11. The van der Waals surface area contributed by atoms with Crippen molar-refractivity contribution in [3.8, 4) is 0 Å². The minimum atomic E-state index is -0.187. The second kappa shape index (κ2) is 7.79. The summed E-state index contributed by atoms with van der Waals surface area (Å²) >= 11 is 0. The maximum Gasteiger partial charge on any atom is 0.319 e. The lowest BCUT2D eigenvalue weighted by Crippen LogP contribution is -2.40. The Kier molecular flexibility index (Phi) is 6.02. The number of rotatable bonds is 5. The Bertz CT molecular complexity index is 525. The van der Waals surface area contributed by atoms with Crippen LogP contribution in [0.25, 0.3) is 0 Å². The summed E-state index contributed by atoms with van der Waals surface area (Å²) in [4.78, 5) is 12.2. The van der Waals surface area contributed by atoms with Crippen LogP contribution in [0.15, 0.2) is 24.3 Å². The largest absolute Gasteiger partial charge is 0.380 e. The van der Waals surface area contributed by atoms with Crippen molar-refractivity contribution in [3.63, 3.8) is 0 Å². The second-order valence-corrected chi connectivity index (χ2v) is 7.13. The van der Waals surface area contributed by atoms with Crippen LogP contribution in [0.1, 0.15) is 32.8 Å². The lowest BCUT2D eigenvalue weighted by atomic mass is 9.81. The number of hydrogen-bond acceptors (Lipinski definition) is 3. The summed E-state index contributed by atoms with van der Waals surface area (Å²) in [5.41, 5.74) is 1.83. The molecule has 5 nitrogen and oxygen atoms in total. The fourth-order valence-electron chi connectivity index (χ4n) is 3.11. The van der Waals surface area contributed by atoms with E-state index in [-0.39, 0.29) is 17.6 Å². The Hall–Kier alpha value is -1.59. The van der Waals surface area contributed by atoms with Crippen LogP contribution < -0.4 is 10.6 Å². The molecule has 0 bridgehead atoms. The van der Waals surface area contributed by atoms with Crippen LogP contribution in [0, 0.1) is 11.3 Å². The molecule has 2 amide bonds. The third-order valence-corrected chi connectivity index (χ3v) is 4.16. The molecule has 1 aliphatic heterocycles. The number of urea groups is 1. The molecule has 0 spiro atoms. The van der Waals surface area contributed by atoms with Gasteiger partial charge in [-0.3, -0.25) is 0 Å². The van der Waals surface area contributed by atoms with E-state index < -0.39 is 0 Å². The van der Waals surface area contributed by atoms with Crippen LogP contribution >= 0.6 is 0 Å². The van der Waals surface area contributed by atoms with Crippen molar-refractivity contribution < 1.29 is 14.3 Å². The lowest BCUT2D eigenvalue weighted by Gasteiger charge is -2.31. The average molecular weight is 320 g/mol. The average Bonchev–Trinajstić information content (AvgIpc) is 2.96. The number of carbonyl (C=O) groups excluding carboxylic acids is 1. The molecule has 1 aliphatic rings. The van der Waals surface area contributed by atoms with Crippen LogP contribution in [-0.2, 0) is 16.1 Å². The van der Waals surface area contributed by atoms with Crippen molar-refractivity contribution in [2.75, 3.05) is 25.6 Å². The van der Waals surface area contributed by atoms with Gasteiger partial charge < -0.3 is 20.1 Å². The number of methoxy groups -OCH3 is 1. The summed E-state index contributed by atoms with van der Waals surface area (Å²) in [6.45, 7) is 8.40. The molecule has 0 radical (unpaired) electrons. The molecule has 5 heteroatoms. The molecule has 2 rings (SSSR count). The smallest absolute Gasteiger partial charge is 0.319 e. The van der Waals surface area contributed by atoms with Crippen molar-refractivity contribution in [1.29, 1.82) is 0 Å². The van der Waals surface area contributed by atoms with Gasteiger partial charge in [-0.2, -0.15) is 0 Å². The molecule has 2 N–H and O–H groups in total. The molecule has 2 atom stereocenters. The van der Waals surface area contributed by atoms with Gasteiger partial charge in [0.1, 0.15) is 0 Å². The zero-order chi connectivity index (χ0) is 16.9. The quantitative estimate of drug-likeness (QED) is 0.874. The van der Waals surface area contributed by atoms with Gasteiger partial charge in [-0.15, -0.1) is 0 Å². The van der Waals surface area contributed by atoms with E-state index in [1.54, 1.807) is 7.11 Å². The monoisotopic (exact) mass is 320 g/mol. The Balaban J connectivity index is 1.88. The molecule has 1 heterocycles. The van der Waals surface area contributed by atoms with E-state index in [9.17, 15) is 4.79 Å². The molecular weight excluding hydrogens is 292 g/mol. The summed E-state index contributed by atoms with van der Waals surface area (Å²) in [7, 11) is 1.64. The van der Waals surface area contributed by atoms with Gasteiger partial charge >= 0.3 is 6.03 Å². The molecule has 1 fully saturated rings. The van der Waals surface area contributed by atoms with Gasteiger partial charge in [-0.1, -0.05) is 39.0 Å². The van der Waals surface area contributed by atoms with Crippen LogP contribution in [0.3, 0.4) is 0 Å². The minimum absolute atomic E-state index is 0.0877. The standard InChI is InChI=1S/C18H28N2O3/c1-18(2,3)16-13(9-10-23-16)11-19-17(21)20-15-8-6-5-7-14(15)12-22-4/h5-8,13,16H,9-12H2,1-4H3,(H2,19,20,21)/t13-,16+/m1/s1. The zero-order valence-electron chi connectivity index (χ0n) is 14.5. The number of benzene rings is 1. The van der Waals surface area contributed by atoms with Crippen molar-refractivity contribution in [2.24, 2.45) is 11.3 Å². The Morgan fingerprint density at radius 3 is 2.78 bits per heavy atom. The third-order valence-electron chi connectivity index (χ3n) is 4.16. The summed E-state index contributed by atoms with van der Waals surface area (Å²) in [5.74, 6) is 0.356. The zero-order valence-corrected chi connectivity index (χ0v) is 14.5. The highest BCUT2D eigenvalue weighted by atomic mass is 16.5. The van der Waals surface area contributed by atoms with Crippen molar-refractivity contribution >= 4 is 11.7 Å². The normalized spacial score (nSPS) is 21.2. The SMILES string of the molecule is COCc1ccccc1NC(=O)NC[C@H]1CCO[C@@H]1C(C)(C)C. The van der Waals surface area contributed by atoms with Gasteiger partial charge in [-0.25, -0.2) is 4.79 Å². The van der Waals surface area contributed by atoms with E-state index in [1.807, 2.05) is 24.3 Å². The fraction of sp³-hybridized carbons (Fsp3) is 0.611. The van der Waals surface area contributed by atoms with Gasteiger partial charge in [0.15, 0.2) is 0 Å². The van der Waals surface area contributed by atoms with Gasteiger partial charge in [0.2, 0.25) is 0 Å². The van der Waals surface area contributed by atoms with E-state index in [0.717, 1.165) is 24.3 Å².